The quantitative estimate of drug-likeness (QED) is 0.774. The second-order valence-corrected chi connectivity index (χ2v) is 6.16. The van der Waals surface area contributed by atoms with Gasteiger partial charge in [0.1, 0.15) is 12.4 Å². The number of benzene rings is 1. The van der Waals surface area contributed by atoms with Crippen LogP contribution in [0.4, 0.5) is 0 Å². The Morgan fingerprint density at radius 2 is 1.76 bits per heavy atom. The molecule has 0 spiro atoms. The van der Waals surface area contributed by atoms with Crippen molar-refractivity contribution in [3.63, 3.8) is 0 Å². The van der Waals surface area contributed by atoms with Crippen molar-refractivity contribution in [2.24, 2.45) is 0 Å². The van der Waals surface area contributed by atoms with Gasteiger partial charge < -0.3 is 4.74 Å². The minimum atomic E-state index is 0.640. The molecule has 1 heterocycles. The molecule has 3 heteroatoms. The monoisotopic (exact) mass is 310 g/mol. The van der Waals surface area contributed by atoms with Crippen LogP contribution in [0, 0.1) is 20.8 Å². The number of rotatable bonds is 3. The third kappa shape index (κ3) is 3.11. The van der Waals surface area contributed by atoms with Gasteiger partial charge in [0.2, 0.25) is 0 Å². The molecular weight excluding hydrogens is 296 g/mol. The molecule has 2 aromatic rings. The molecule has 0 bridgehead atoms. The summed E-state index contributed by atoms with van der Waals surface area (Å²) >= 11 is 5.16. The zero-order valence-electron chi connectivity index (χ0n) is 10.2. The highest BCUT2D eigenvalue weighted by molar-refractivity contribution is 9.10. The molecule has 0 fully saturated rings. The average molecular weight is 311 g/mol. The predicted molar refractivity (Wildman–Crippen MR) is 77.0 cm³/mol. The van der Waals surface area contributed by atoms with Crippen molar-refractivity contribution in [3.05, 3.63) is 49.6 Å². The summed E-state index contributed by atoms with van der Waals surface area (Å²) < 4.78 is 7.04. The first-order valence-electron chi connectivity index (χ1n) is 5.50. The summed E-state index contributed by atoms with van der Waals surface area (Å²) in [4.78, 5) is 1.23. The lowest BCUT2D eigenvalue weighted by Gasteiger charge is -2.12. The van der Waals surface area contributed by atoms with Crippen molar-refractivity contribution >= 4 is 27.3 Å². The first kappa shape index (κ1) is 12.7. The molecule has 17 heavy (non-hydrogen) atoms. The maximum Gasteiger partial charge on any atom is 0.125 e. The van der Waals surface area contributed by atoms with Crippen LogP contribution in [0.1, 0.15) is 21.6 Å². The van der Waals surface area contributed by atoms with Crippen molar-refractivity contribution in [1.82, 2.24) is 0 Å². The van der Waals surface area contributed by atoms with Gasteiger partial charge in [-0.1, -0.05) is 17.7 Å². The normalized spacial score (nSPS) is 10.6. The molecule has 0 amide bonds. The lowest BCUT2D eigenvalue weighted by molar-refractivity contribution is 0.305. The molecule has 0 aliphatic heterocycles. The number of thiophene rings is 1. The lowest BCUT2D eigenvalue weighted by Crippen LogP contribution is -1.97. The number of hydrogen-bond acceptors (Lipinski definition) is 2. The van der Waals surface area contributed by atoms with Crippen LogP contribution >= 0.6 is 27.3 Å². The van der Waals surface area contributed by atoms with E-state index in [4.69, 9.17) is 4.74 Å². The number of halogens is 1. The van der Waals surface area contributed by atoms with Gasteiger partial charge in [-0.2, -0.15) is 0 Å². The Morgan fingerprint density at radius 3 is 2.29 bits per heavy atom. The van der Waals surface area contributed by atoms with E-state index in [1.165, 1.54) is 21.6 Å². The molecule has 1 aromatic carbocycles. The fraction of sp³-hybridized carbons (Fsp3) is 0.286. The topological polar surface area (TPSA) is 9.23 Å². The van der Waals surface area contributed by atoms with Gasteiger partial charge in [0.15, 0.2) is 0 Å². The zero-order valence-corrected chi connectivity index (χ0v) is 12.6. The molecule has 90 valence electrons. The van der Waals surface area contributed by atoms with Crippen LogP contribution < -0.4 is 4.74 Å². The van der Waals surface area contributed by atoms with Gasteiger partial charge in [-0.3, -0.25) is 0 Å². The van der Waals surface area contributed by atoms with E-state index in [1.807, 2.05) is 0 Å². The molecular formula is C14H15BrOS. The third-order valence-corrected chi connectivity index (χ3v) is 4.26. The van der Waals surface area contributed by atoms with Crippen LogP contribution in [0.25, 0.3) is 0 Å². The average Bonchev–Trinajstić information content (AvgIpc) is 2.62. The van der Waals surface area contributed by atoms with Crippen molar-refractivity contribution in [2.45, 2.75) is 27.4 Å². The molecule has 0 saturated heterocycles. The highest BCUT2D eigenvalue weighted by Gasteiger charge is 2.06. The van der Waals surface area contributed by atoms with Crippen molar-refractivity contribution in [2.75, 3.05) is 0 Å². The maximum atomic E-state index is 5.91. The summed E-state index contributed by atoms with van der Waals surface area (Å²) in [7, 11) is 0. The molecule has 0 unspecified atom stereocenters. The second-order valence-electron chi connectivity index (χ2n) is 4.25. The van der Waals surface area contributed by atoms with Crippen LogP contribution in [-0.2, 0) is 6.61 Å². The van der Waals surface area contributed by atoms with Crippen LogP contribution in [0.2, 0.25) is 0 Å². The third-order valence-electron chi connectivity index (χ3n) is 2.59. The van der Waals surface area contributed by atoms with Gasteiger partial charge in [0, 0.05) is 14.7 Å². The summed E-state index contributed by atoms with van der Waals surface area (Å²) in [6, 6.07) is 6.42. The molecule has 2 rings (SSSR count). The lowest BCUT2D eigenvalue weighted by atomic mass is 10.1. The van der Waals surface area contributed by atoms with Gasteiger partial charge in [0.05, 0.1) is 0 Å². The fourth-order valence-electron chi connectivity index (χ4n) is 1.97. The van der Waals surface area contributed by atoms with Crippen molar-refractivity contribution in [1.29, 1.82) is 0 Å². The Labute approximate surface area is 115 Å². The van der Waals surface area contributed by atoms with Crippen molar-refractivity contribution in [3.8, 4) is 5.75 Å². The minimum Gasteiger partial charge on any atom is -0.488 e. The van der Waals surface area contributed by atoms with E-state index < -0.39 is 0 Å². The Kier molecular flexibility index (Phi) is 3.89. The number of hydrogen-bond donors (Lipinski definition) is 0. The summed E-state index contributed by atoms with van der Waals surface area (Å²) in [6.45, 7) is 6.94. The van der Waals surface area contributed by atoms with E-state index in [2.05, 4.69) is 60.3 Å². The Morgan fingerprint density at radius 1 is 1.12 bits per heavy atom. The first-order chi connectivity index (χ1) is 8.06. The Hall–Kier alpha value is -0.800. The van der Waals surface area contributed by atoms with Crippen LogP contribution in [0.15, 0.2) is 28.1 Å². The van der Waals surface area contributed by atoms with Gasteiger partial charge >= 0.3 is 0 Å². The smallest absolute Gasteiger partial charge is 0.125 e. The van der Waals surface area contributed by atoms with Gasteiger partial charge in [-0.15, -0.1) is 11.3 Å². The predicted octanol–water partition coefficient (Wildman–Crippen LogP) is 5.01. The Bertz CT molecular complexity index is 508. The molecule has 0 N–H and O–H groups in total. The fourth-order valence-corrected chi connectivity index (χ4v) is 3.33. The van der Waals surface area contributed by atoms with Crippen LogP contribution in [-0.4, -0.2) is 0 Å². The molecule has 1 nitrogen and oxygen atoms in total. The molecule has 0 saturated carbocycles. The molecule has 0 atom stereocenters. The maximum absolute atomic E-state index is 5.91. The summed E-state index contributed by atoms with van der Waals surface area (Å²) in [5, 5.41) is 2.08. The molecule has 1 aromatic heterocycles. The SMILES string of the molecule is Cc1cc(C)c(OCc2cc(Br)cs2)c(C)c1. The van der Waals surface area contributed by atoms with E-state index in [0.717, 1.165) is 10.2 Å². The van der Waals surface area contributed by atoms with E-state index >= 15 is 0 Å². The second kappa shape index (κ2) is 5.23. The van der Waals surface area contributed by atoms with Gasteiger partial charge in [-0.05, 0) is 53.9 Å². The van der Waals surface area contributed by atoms with Gasteiger partial charge in [-0.25, -0.2) is 0 Å². The zero-order chi connectivity index (χ0) is 12.4. The largest absolute Gasteiger partial charge is 0.488 e. The van der Waals surface area contributed by atoms with Crippen LogP contribution in [0.3, 0.4) is 0 Å². The molecule has 0 radical (unpaired) electrons. The summed E-state index contributed by atoms with van der Waals surface area (Å²) in [6.07, 6.45) is 0. The minimum absolute atomic E-state index is 0.640. The van der Waals surface area contributed by atoms with Crippen molar-refractivity contribution < 1.29 is 4.74 Å². The highest BCUT2D eigenvalue weighted by atomic mass is 79.9. The summed E-state index contributed by atoms with van der Waals surface area (Å²) in [5.74, 6) is 1.01. The Balaban J connectivity index is 2.14. The highest BCUT2D eigenvalue weighted by Crippen LogP contribution is 2.27. The van der Waals surface area contributed by atoms with E-state index in [1.54, 1.807) is 11.3 Å². The van der Waals surface area contributed by atoms with E-state index in [-0.39, 0.29) is 0 Å². The van der Waals surface area contributed by atoms with E-state index in [9.17, 15) is 0 Å². The number of aryl methyl sites for hydroxylation is 3. The van der Waals surface area contributed by atoms with E-state index in [0.29, 0.717) is 6.61 Å². The van der Waals surface area contributed by atoms with Gasteiger partial charge in [0.25, 0.3) is 0 Å². The number of ether oxygens (including phenoxy) is 1. The molecule has 0 aliphatic rings. The summed E-state index contributed by atoms with van der Waals surface area (Å²) in [5.41, 5.74) is 3.70. The molecule has 0 aliphatic carbocycles. The standard InChI is InChI=1S/C14H15BrOS/c1-9-4-10(2)14(11(3)5-9)16-7-13-6-12(15)8-17-13/h4-6,8H,7H2,1-3H3. The first-order valence-corrected chi connectivity index (χ1v) is 7.17. The van der Waals surface area contributed by atoms with Crippen LogP contribution in [0.5, 0.6) is 5.75 Å².